The van der Waals surface area contributed by atoms with Crippen molar-refractivity contribution < 1.29 is 153 Å². The lowest BCUT2D eigenvalue weighted by molar-refractivity contribution is -0.376. The smallest absolute Gasteiger partial charge is 0.333 e. The van der Waals surface area contributed by atoms with Crippen LogP contribution in [0, 0.1) is 50.2 Å². The van der Waals surface area contributed by atoms with Gasteiger partial charge in [0.1, 0.15) is 110 Å². The lowest BCUT2D eigenvalue weighted by atomic mass is 9.33. The zero-order valence-corrected chi connectivity index (χ0v) is 57.3. The molecule has 35 atom stereocenters. The van der Waals surface area contributed by atoms with Crippen molar-refractivity contribution in [3.8, 4) is 0 Å². The van der Waals surface area contributed by atoms with Gasteiger partial charge in [0.15, 0.2) is 43.7 Å². The minimum Gasteiger partial charge on any atom is -0.456 e. The second-order valence-electron chi connectivity index (χ2n) is 31.3. The maximum atomic E-state index is 13.5. The van der Waals surface area contributed by atoms with Crippen LogP contribution in [0.15, 0.2) is 23.3 Å². The van der Waals surface area contributed by atoms with E-state index < -0.39 is 244 Å². The molecular formula is C67H108O31. The number of ether oxygens (including phenoxy) is 12. The van der Waals surface area contributed by atoms with Crippen LogP contribution in [-0.2, 0) is 66.4 Å². The average Bonchev–Trinajstić information content (AvgIpc) is 0.674. The molecule has 31 heteroatoms. The van der Waals surface area contributed by atoms with Gasteiger partial charge >= 0.3 is 11.9 Å². The highest BCUT2D eigenvalue weighted by Crippen LogP contribution is 2.76. The molecule has 31 nitrogen and oxygen atoms in total. The number of carbonyl (C=O) groups is 2. The van der Waals surface area contributed by atoms with Crippen LogP contribution in [0.4, 0.5) is 0 Å². The summed E-state index contributed by atoms with van der Waals surface area (Å²) in [5.74, 6) is -2.07. The molecule has 10 aliphatic rings. The fourth-order valence-corrected chi connectivity index (χ4v) is 18.8. The minimum absolute atomic E-state index is 0.00760. The summed E-state index contributed by atoms with van der Waals surface area (Å²) in [6, 6.07) is 0. The number of allylic oxidation sites excluding steroid dienone is 3. The van der Waals surface area contributed by atoms with E-state index in [0.717, 1.165) is 25.3 Å². The largest absolute Gasteiger partial charge is 0.456 e. The number of hydrogen-bond acceptors (Lipinski definition) is 31. The van der Waals surface area contributed by atoms with Crippen molar-refractivity contribution in [3.05, 3.63) is 23.3 Å². The molecule has 10 rings (SSSR count). The normalized spacial score (nSPS) is 50.9. The van der Waals surface area contributed by atoms with E-state index in [2.05, 4.69) is 40.7 Å². The molecule has 5 heterocycles. The molecule has 0 aromatic heterocycles. The van der Waals surface area contributed by atoms with Crippen LogP contribution in [0.25, 0.3) is 0 Å². The first-order chi connectivity index (χ1) is 45.9. The number of esters is 2. The molecule has 0 bridgehead atoms. The van der Waals surface area contributed by atoms with Crippen molar-refractivity contribution in [3.63, 3.8) is 0 Å². The van der Waals surface area contributed by atoms with Crippen LogP contribution < -0.4 is 0 Å². The van der Waals surface area contributed by atoms with E-state index in [4.69, 9.17) is 56.8 Å². The predicted molar refractivity (Wildman–Crippen MR) is 331 cm³/mol. The number of carbonyl (C=O) groups excluding carboxylic acids is 2. The van der Waals surface area contributed by atoms with Crippen molar-refractivity contribution in [2.24, 2.45) is 50.2 Å². The summed E-state index contributed by atoms with van der Waals surface area (Å²) < 4.78 is 72.7. The van der Waals surface area contributed by atoms with Crippen molar-refractivity contribution in [2.75, 3.05) is 39.6 Å². The molecule has 35 unspecified atom stereocenters. The van der Waals surface area contributed by atoms with Gasteiger partial charge in [-0.15, -0.1) is 0 Å². The molecule has 9 fully saturated rings. The lowest BCUT2D eigenvalue weighted by Gasteiger charge is -2.72. The summed E-state index contributed by atoms with van der Waals surface area (Å²) in [6.07, 6.45) is -37.7. The van der Waals surface area contributed by atoms with Crippen LogP contribution in [0.2, 0.25) is 0 Å². The van der Waals surface area contributed by atoms with Crippen molar-refractivity contribution in [2.45, 2.75) is 292 Å². The first kappa shape index (κ1) is 77.9. The third-order valence-electron chi connectivity index (χ3n) is 25.1. The van der Waals surface area contributed by atoms with E-state index in [1.807, 2.05) is 13.8 Å². The van der Waals surface area contributed by atoms with Crippen LogP contribution in [0.1, 0.15) is 121 Å². The first-order valence-electron chi connectivity index (χ1n) is 34.4. The maximum Gasteiger partial charge on any atom is 0.333 e. The fourth-order valence-electron chi connectivity index (χ4n) is 18.8. The molecule has 0 spiro atoms. The molecule has 4 saturated carbocycles. The number of aliphatic hydroxyl groups excluding tert-OH is 17. The molecular weight excluding hydrogens is 1300 g/mol. The van der Waals surface area contributed by atoms with Crippen molar-refractivity contribution in [1.82, 2.24) is 0 Å². The Bertz CT molecular complexity index is 2800. The Balaban J connectivity index is 0.914. The Hall–Kier alpha value is -2.66. The number of fused-ring (bicyclic) bond motifs is 7. The van der Waals surface area contributed by atoms with Gasteiger partial charge in [0.25, 0.3) is 0 Å². The van der Waals surface area contributed by atoms with E-state index in [0.29, 0.717) is 32.1 Å². The highest BCUT2D eigenvalue weighted by Gasteiger charge is 2.71. The van der Waals surface area contributed by atoms with Crippen molar-refractivity contribution in [1.29, 1.82) is 0 Å². The third-order valence-corrected chi connectivity index (χ3v) is 25.1. The Kier molecular flexibility index (Phi) is 23.6. The zero-order chi connectivity index (χ0) is 72.0. The monoisotopic (exact) mass is 1410 g/mol. The Labute approximate surface area is 569 Å². The van der Waals surface area contributed by atoms with Crippen LogP contribution in [0.3, 0.4) is 0 Å². The molecule has 562 valence electrons. The van der Waals surface area contributed by atoms with Crippen LogP contribution in [-0.4, -0.2) is 310 Å². The van der Waals surface area contributed by atoms with Gasteiger partial charge in [0.05, 0.1) is 58.0 Å². The summed E-state index contributed by atoms with van der Waals surface area (Å²) in [6.45, 7) is 15.2. The number of rotatable bonds is 19. The van der Waals surface area contributed by atoms with Crippen LogP contribution >= 0.6 is 0 Å². The molecule has 17 N–H and O–H groups in total. The third kappa shape index (κ3) is 13.7. The Morgan fingerprint density at radius 1 is 0.510 bits per heavy atom. The molecule has 5 saturated heterocycles. The van der Waals surface area contributed by atoms with E-state index in [-0.39, 0.29) is 41.3 Å². The van der Waals surface area contributed by atoms with Gasteiger partial charge in [-0.25, -0.2) is 4.79 Å². The molecule has 98 heavy (non-hydrogen) atoms. The van der Waals surface area contributed by atoms with Gasteiger partial charge in [-0.05, 0) is 110 Å². The lowest BCUT2D eigenvalue weighted by Crippen LogP contribution is -2.69. The molecule has 0 aromatic carbocycles. The van der Waals surface area contributed by atoms with Gasteiger partial charge in [-0.2, -0.15) is 0 Å². The quantitative estimate of drug-likeness (QED) is 0.0256. The van der Waals surface area contributed by atoms with Gasteiger partial charge in [0.2, 0.25) is 0 Å². The summed E-state index contributed by atoms with van der Waals surface area (Å²) >= 11 is 0. The van der Waals surface area contributed by atoms with Crippen molar-refractivity contribution >= 4 is 11.9 Å². The van der Waals surface area contributed by atoms with Gasteiger partial charge < -0.3 is 144 Å². The van der Waals surface area contributed by atoms with E-state index in [1.54, 1.807) is 6.92 Å². The molecule has 5 aliphatic carbocycles. The SMILES string of the molecule is CC=C(C)C(=O)OC1C(O)C(OC2CCC3(C)C(CCC4(C)C3CC=C3C5CC(C)(C)C(O)C(O)C5(COC5OC(COC6OC(CO)C(O)C(O)C6O)C(O)C(O)C5OC5OC(CO)C(O)C(O)C5O)CCC34C)C2(C)C)OC(COC2OC(CO)C(O)C(O)C2O)C1OC(C)=O. The van der Waals surface area contributed by atoms with E-state index in [9.17, 15) is 96.4 Å². The highest BCUT2D eigenvalue weighted by molar-refractivity contribution is 5.87. The highest BCUT2D eigenvalue weighted by atomic mass is 16.8. The van der Waals surface area contributed by atoms with Gasteiger partial charge in [-0.1, -0.05) is 66.2 Å². The first-order valence-corrected chi connectivity index (χ1v) is 34.4. The van der Waals surface area contributed by atoms with Gasteiger partial charge in [-0.3, -0.25) is 4.79 Å². The number of hydrogen-bond donors (Lipinski definition) is 17. The second-order valence-corrected chi connectivity index (χ2v) is 31.3. The number of aliphatic hydroxyl groups is 17. The summed E-state index contributed by atoms with van der Waals surface area (Å²) in [5, 5.41) is 187. The van der Waals surface area contributed by atoms with E-state index >= 15 is 0 Å². The summed E-state index contributed by atoms with van der Waals surface area (Å²) in [5.41, 5.74) is -2.79. The predicted octanol–water partition coefficient (Wildman–Crippen LogP) is -3.71. The maximum absolute atomic E-state index is 13.5. The standard InChI is InChI=1S/C67H108O31/c1-11-27(2)56(86)97-52-50(83)60(95-35(51(52)90-28(3)71)25-88-58-48(81)44(77)40(73)32(22-69)92-58)96-38-15-16-64(8)36(63(38,6)7)14-17-66(10)37(64)13-12-29-30-20-62(4,5)54(84)55(85)67(30,19-18-65(29,66)9)26-89-61-53(98-59-49(82)45(78)41(74)33(23-70)93-59)46(79)42(75)34(94-61)24-87-57-47(80)43(76)39(72)31(21-68)91-57/h11-12,30-55,57-61,68-70,72-85H,13-26H2,1-10H3. The second kappa shape index (κ2) is 29.7. The summed E-state index contributed by atoms with van der Waals surface area (Å²) in [7, 11) is 0. The molecule has 0 aromatic rings. The fraction of sp³-hybridized carbons (Fsp3) is 0.910. The summed E-state index contributed by atoms with van der Waals surface area (Å²) in [4.78, 5) is 26.3. The Morgan fingerprint density at radius 2 is 1.02 bits per heavy atom. The van der Waals surface area contributed by atoms with Gasteiger partial charge in [0, 0.05) is 17.9 Å². The van der Waals surface area contributed by atoms with Crippen LogP contribution in [0.5, 0.6) is 0 Å². The Morgan fingerprint density at radius 3 is 1.57 bits per heavy atom. The molecule has 0 radical (unpaired) electrons. The van der Waals surface area contributed by atoms with E-state index in [1.165, 1.54) is 13.0 Å². The zero-order valence-electron chi connectivity index (χ0n) is 57.3. The minimum atomic E-state index is -1.99. The molecule has 5 aliphatic heterocycles. The average molecular weight is 1410 g/mol. The molecule has 0 amide bonds. The topological polar surface area (TPSA) is 489 Å².